The van der Waals surface area contributed by atoms with Crippen molar-refractivity contribution in [2.45, 2.75) is 32.6 Å². The summed E-state index contributed by atoms with van der Waals surface area (Å²) in [4.78, 5) is 1.34. The first-order chi connectivity index (χ1) is 5.66. The highest BCUT2D eigenvalue weighted by atomic mass is 35.5. The van der Waals surface area contributed by atoms with Crippen LogP contribution in [0.2, 0.25) is 0 Å². The number of halogens is 1. The summed E-state index contributed by atoms with van der Waals surface area (Å²) in [5.41, 5.74) is 1.33. The second kappa shape index (κ2) is 4.29. The molecule has 1 heterocycles. The number of aryl methyl sites for hydroxylation is 1. The van der Waals surface area contributed by atoms with E-state index in [0.29, 0.717) is 5.92 Å². The maximum absolute atomic E-state index is 6.31. The van der Waals surface area contributed by atoms with Crippen molar-refractivity contribution >= 4 is 22.9 Å². The molecule has 0 aliphatic rings. The van der Waals surface area contributed by atoms with E-state index < -0.39 is 0 Å². The van der Waals surface area contributed by atoms with Gasteiger partial charge in [0, 0.05) is 4.88 Å². The van der Waals surface area contributed by atoms with Gasteiger partial charge in [-0.3, -0.25) is 0 Å². The van der Waals surface area contributed by atoms with E-state index in [1.807, 2.05) is 0 Å². The lowest BCUT2D eigenvalue weighted by Gasteiger charge is -2.15. The smallest absolute Gasteiger partial charge is 0.0706 e. The average Bonchev–Trinajstić information content (AvgIpc) is 2.48. The van der Waals surface area contributed by atoms with Crippen LogP contribution in [0.3, 0.4) is 0 Å². The van der Waals surface area contributed by atoms with E-state index >= 15 is 0 Å². The van der Waals surface area contributed by atoms with E-state index in [-0.39, 0.29) is 5.38 Å². The highest BCUT2D eigenvalue weighted by Crippen LogP contribution is 2.35. The molecular weight excluding hydrogens is 188 g/mol. The van der Waals surface area contributed by atoms with E-state index in [4.69, 9.17) is 11.6 Å². The van der Waals surface area contributed by atoms with Crippen LogP contribution in [-0.4, -0.2) is 0 Å². The van der Waals surface area contributed by atoms with Gasteiger partial charge in [0.25, 0.3) is 0 Å². The fourth-order valence-electron chi connectivity index (χ4n) is 1.13. The van der Waals surface area contributed by atoms with E-state index in [9.17, 15) is 0 Å². The van der Waals surface area contributed by atoms with Crippen LogP contribution in [0.25, 0.3) is 0 Å². The molecule has 0 saturated heterocycles. The van der Waals surface area contributed by atoms with Crippen LogP contribution >= 0.6 is 22.9 Å². The lowest BCUT2D eigenvalue weighted by Crippen LogP contribution is -2.01. The van der Waals surface area contributed by atoms with Gasteiger partial charge < -0.3 is 0 Å². The minimum Gasteiger partial charge on any atom is -0.147 e. The largest absolute Gasteiger partial charge is 0.147 e. The van der Waals surface area contributed by atoms with E-state index in [1.54, 1.807) is 11.3 Å². The summed E-state index contributed by atoms with van der Waals surface area (Å²) in [5.74, 6) is 0.573. The van der Waals surface area contributed by atoms with Crippen LogP contribution in [-0.2, 0) is 0 Å². The van der Waals surface area contributed by atoms with Crippen molar-refractivity contribution in [1.82, 2.24) is 0 Å². The molecule has 0 aliphatic carbocycles. The quantitative estimate of drug-likeness (QED) is 0.639. The van der Waals surface area contributed by atoms with Crippen molar-refractivity contribution in [1.29, 1.82) is 0 Å². The van der Waals surface area contributed by atoms with E-state index in [1.165, 1.54) is 10.4 Å². The van der Waals surface area contributed by atoms with Crippen molar-refractivity contribution < 1.29 is 0 Å². The minimum atomic E-state index is 0.204. The average molecular weight is 203 g/mol. The van der Waals surface area contributed by atoms with Crippen LogP contribution in [0.15, 0.2) is 11.4 Å². The van der Waals surface area contributed by atoms with Gasteiger partial charge in [0.2, 0.25) is 0 Å². The zero-order valence-electron chi connectivity index (χ0n) is 7.80. The van der Waals surface area contributed by atoms with Crippen LogP contribution in [0.4, 0.5) is 0 Å². The number of hydrogen-bond acceptors (Lipinski definition) is 1. The van der Waals surface area contributed by atoms with Crippen molar-refractivity contribution in [2.75, 3.05) is 0 Å². The topological polar surface area (TPSA) is 0 Å². The highest BCUT2D eigenvalue weighted by molar-refractivity contribution is 7.10. The Kier molecular flexibility index (Phi) is 3.60. The third-order valence-electron chi connectivity index (χ3n) is 2.30. The molecule has 68 valence electrons. The van der Waals surface area contributed by atoms with Gasteiger partial charge in [-0.05, 0) is 29.9 Å². The van der Waals surface area contributed by atoms with E-state index in [0.717, 1.165) is 6.42 Å². The molecule has 0 amide bonds. The fourth-order valence-corrected chi connectivity index (χ4v) is 2.67. The molecule has 0 N–H and O–H groups in total. The minimum absolute atomic E-state index is 0.204. The van der Waals surface area contributed by atoms with Crippen molar-refractivity contribution in [3.05, 3.63) is 21.9 Å². The molecule has 2 unspecified atom stereocenters. The van der Waals surface area contributed by atoms with Gasteiger partial charge in [0.1, 0.15) is 0 Å². The van der Waals surface area contributed by atoms with Crippen LogP contribution in [0.1, 0.15) is 36.1 Å². The summed E-state index contributed by atoms with van der Waals surface area (Å²) in [5, 5.41) is 2.32. The zero-order chi connectivity index (χ0) is 9.14. The Morgan fingerprint density at radius 1 is 1.58 bits per heavy atom. The number of rotatable bonds is 3. The standard InChI is InChI=1S/C10H15ClS/c1-4-7(2)9(11)10-8(3)5-6-12-10/h5-7,9H,4H2,1-3H3. The third kappa shape index (κ3) is 2.02. The van der Waals surface area contributed by atoms with Crippen molar-refractivity contribution in [3.63, 3.8) is 0 Å². The SMILES string of the molecule is CCC(C)C(Cl)c1sccc1C. The molecule has 12 heavy (non-hydrogen) atoms. The van der Waals surface area contributed by atoms with Gasteiger partial charge in [-0.25, -0.2) is 0 Å². The monoisotopic (exact) mass is 202 g/mol. The maximum Gasteiger partial charge on any atom is 0.0706 e. The normalized spacial score (nSPS) is 16.0. The van der Waals surface area contributed by atoms with Crippen molar-refractivity contribution in [2.24, 2.45) is 5.92 Å². The molecule has 0 saturated carbocycles. The molecule has 0 radical (unpaired) electrons. The molecule has 0 bridgehead atoms. The highest BCUT2D eigenvalue weighted by Gasteiger charge is 2.17. The van der Waals surface area contributed by atoms with Crippen LogP contribution < -0.4 is 0 Å². The number of hydrogen-bond donors (Lipinski definition) is 0. The molecule has 0 spiro atoms. The maximum atomic E-state index is 6.31. The Labute approximate surface area is 83.6 Å². The van der Waals surface area contributed by atoms with Gasteiger partial charge in [-0.2, -0.15) is 0 Å². The summed E-state index contributed by atoms with van der Waals surface area (Å²) in [7, 11) is 0. The molecule has 2 atom stereocenters. The van der Waals surface area contributed by atoms with Gasteiger partial charge in [0.15, 0.2) is 0 Å². The molecule has 1 aromatic rings. The second-order valence-electron chi connectivity index (χ2n) is 3.26. The molecule has 0 fully saturated rings. The Bertz CT molecular complexity index is 242. The third-order valence-corrected chi connectivity index (χ3v) is 4.18. The first-order valence-corrected chi connectivity index (χ1v) is 5.66. The second-order valence-corrected chi connectivity index (χ2v) is 4.67. The zero-order valence-corrected chi connectivity index (χ0v) is 9.38. The van der Waals surface area contributed by atoms with Gasteiger partial charge in [-0.1, -0.05) is 20.3 Å². The Hall–Kier alpha value is -0.0100. The summed E-state index contributed by atoms with van der Waals surface area (Å²) >= 11 is 8.08. The molecule has 0 aromatic carbocycles. The summed E-state index contributed by atoms with van der Waals surface area (Å²) in [6.45, 7) is 6.52. The predicted octanol–water partition coefficient (Wildman–Crippen LogP) is 4.38. The summed E-state index contributed by atoms with van der Waals surface area (Å²) in [6.07, 6.45) is 1.14. The van der Waals surface area contributed by atoms with Crippen LogP contribution in [0.5, 0.6) is 0 Å². The van der Waals surface area contributed by atoms with Gasteiger partial charge in [0.05, 0.1) is 5.38 Å². The molecule has 1 aromatic heterocycles. The summed E-state index contributed by atoms with van der Waals surface area (Å²) < 4.78 is 0. The number of thiophene rings is 1. The lowest BCUT2D eigenvalue weighted by atomic mass is 10.0. The Morgan fingerprint density at radius 3 is 2.67 bits per heavy atom. The van der Waals surface area contributed by atoms with Gasteiger partial charge >= 0.3 is 0 Å². The molecule has 1 rings (SSSR count). The first-order valence-electron chi connectivity index (χ1n) is 4.34. The Morgan fingerprint density at radius 2 is 2.25 bits per heavy atom. The lowest BCUT2D eigenvalue weighted by molar-refractivity contribution is 0.546. The van der Waals surface area contributed by atoms with E-state index in [2.05, 4.69) is 32.2 Å². The van der Waals surface area contributed by atoms with Crippen molar-refractivity contribution in [3.8, 4) is 0 Å². The van der Waals surface area contributed by atoms with Crippen LogP contribution in [0, 0.1) is 12.8 Å². The number of alkyl halides is 1. The molecular formula is C10H15ClS. The first kappa shape index (κ1) is 10.1. The Balaban J connectivity index is 2.77. The van der Waals surface area contributed by atoms with Gasteiger partial charge in [-0.15, -0.1) is 22.9 Å². The summed E-state index contributed by atoms with van der Waals surface area (Å²) in [6, 6.07) is 2.14. The predicted molar refractivity (Wildman–Crippen MR) is 57.1 cm³/mol. The molecule has 0 aliphatic heterocycles. The fraction of sp³-hybridized carbons (Fsp3) is 0.600. The molecule has 0 nitrogen and oxygen atoms in total. The molecule has 2 heteroatoms.